The highest BCUT2D eigenvalue weighted by molar-refractivity contribution is 7.89. The predicted molar refractivity (Wildman–Crippen MR) is 76.1 cm³/mol. The molecule has 0 saturated heterocycles. The van der Waals surface area contributed by atoms with Gasteiger partial charge in [-0.1, -0.05) is 20.8 Å². The first-order valence-electron chi connectivity index (χ1n) is 7.05. The molecule has 1 atom stereocenters. The number of nitrogens with one attached hydrogen (secondary N) is 2. The summed E-state index contributed by atoms with van der Waals surface area (Å²) in [5.41, 5.74) is 0.340. The van der Waals surface area contributed by atoms with Crippen molar-refractivity contribution in [2.75, 3.05) is 25.4 Å². The second-order valence-electron chi connectivity index (χ2n) is 6.01. The molecule has 2 N–H and O–H groups in total. The Hall–Kier alpha value is -0.130. The maximum Gasteiger partial charge on any atom is 0.211 e. The summed E-state index contributed by atoms with van der Waals surface area (Å²) in [6.07, 6.45) is 3.92. The lowest BCUT2D eigenvalue weighted by molar-refractivity contribution is 0.535. The van der Waals surface area contributed by atoms with Crippen molar-refractivity contribution in [3.05, 3.63) is 0 Å². The van der Waals surface area contributed by atoms with Crippen LogP contribution in [0.15, 0.2) is 0 Å². The Morgan fingerprint density at radius 1 is 1.22 bits per heavy atom. The van der Waals surface area contributed by atoms with E-state index in [4.69, 9.17) is 0 Å². The van der Waals surface area contributed by atoms with E-state index < -0.39 is 10.0 Å². The van der Waals surface area contributed by atoms with Crippen molar-refractivity contribution in [2.45, 2.75) is 46.5 Å². The molecule has 0 radical (unpaired) electrons. The van der Waals surface area contributed by atoms with Crippen LogP contribution in [-0.2, 0) is 10.0 Å². The van der Waals surface area contributed by atoms with Crippen molar-refractivity contribution in [3.8, 4) is 0 Å². The molecule has 0 aliphatic heterocycles. The minimum Gasteiger partial charge on any atom is -0.317 e. The zero-order valence-corrected chi connectivity index (χ0v) is 12.8. The fourth-order valence-electron chi connectivity index (χ4n) is 2.07. The second-order valence-corrected chi connectivity index (χ2v) is 7.94. The van der Waals surface area contributed by atoms with Crippen LogP contribution in [0.5, 0.6) is 0 Å². The van der Waals surface area contributed by atoms with E-state index in [1.54, 1.807) is 0 Å². The van der Waals surface area contributed by atoms with Crippen molar-refractivity contribution in [1.82, 2.24) is 10.0 Å². The van der Waals surface area contributed by atoms with Gasteiger partial charge in [-0.2, -0.15) is 0 Å². The molecule has 0 heterocycles. The largest absolute Gasteiger partial charge is 0.317 e. The summed E-state index contributed by atoms with van der Waals surface area (Å²) < 4.78 is 26.2. The van der Waals surface area contributed by atoms with Crippen LogP contribution >= 0.6 is 0 Å². The number of unbranched alkanes of at least 4 members (excludes halogenated alkanes) is 1. The van der Waals surface area contributed by atoms with Crippen LogP contribution in [0.1, 0.15) is 46.5 Å². The lowest BCUT2D eigenvalue weighted by Crippen LogP contribution is -2.29. The van der Waals surface area contributed by atoms with Gasteiger partial charge in [-0.05, 0) is 50.1 Å². The molecule has 1 fully saturated rings. The summed E-state index contributed by atoms with van der Waals surface area (Å²) in [6, 6.07) is 0. The average molecular weight is 276 g/mol. The number of hydrogen-bond donors (Lipinski definition) is 2. The standard InChI is InChI=1S/C13H28N2O2S/c1-4-7-14-8-5-6-9-18(16,17)15-11-12-10-13(12,2)3/h12,14-15H,4-11H2,1-3H3. The second kappa shape index (κ2) is 6.87. The first-order valence-corrected chi connectivity index (χ1v) is 8.70. The molecule has 1 aliphatic carbocycles. The molecule has 0 spiro atoms. The summed E-state index contributed by atoms with van der Waals surface area (Å²) in [6.45, 7) is 9.04. The van der Waals surface area contributed by atoms with Crippen molar-refractivity contribution in [3.63, 3.8) is 0 Å². The van der Waals surface area contributed by atoms with E-state index in [2.05, 4.69) is 30.8 Å². The summed E-state index contributed by atoms with van der Waals surface area (Å²) >= 11 is 0. The third-order valence-electron chi connectivity index (χ3n) is 3.71. The smallest absolute Gasteiger partial charge is 0.211 e. The number of hydrogen-bond acceptors (Lipinski definition) is 3. The molecule has 108 valence electrons. The normalized spacial score (nSPS) is 22.1. The zero-order valence-electron chi connectivity index (χ0n) is 12.0. The van der Waals surface area contributed by atoms with Gasteiger partial charge in [-0.3, -0.25) is 0 Å². The van der Waals surface area contributed by atoms with Crippen molar-refractivity contribution >= 4 is 10.0 Å². The number of sulfonamides is 1. The molecule has 0 bridgehead atoms. The lowest BCUT2D eigenvalue weighted by atomic mass is 10.1. The Labute approximate surface area is 112 Å². The van der Waals surface area contributed by atoms with Crippen molar-refractivity contribution in [1.29, 1.82) is 0 Å². The molecule has 0 aromatic heterocycles. The summed E-state index contributed by atoms with van der Waals surface area (Å²) in [7, 11) is -3.06. The molecule has 0 aromatic carbocycles. The Kier molecular flexibility index (Phi) is 6.08. The maximum absolute atomic E-state index is 11.7. The van der Waals surface area contributed by atoms with Crippen molar-refractivity contribution in [2.24, 2.45) is 11.3 Å². The Balaban J connectivity index is 2.05. The maximum atomic E-state index is 11.7. The summed E-state index contributed by atoms with van der Waals surface area (Å²) in [4.78, 5) is 0. The van der Waals surface area contributed by atoms with E-state index >= 15 is 0 Å². The summed E-state index contributed by atoms with van der Waals surface area (Å²) in [5, 5.41) is 3.28. The number of rotatable bonds is 10. The zero-order chi connectivity index (χ0) is 13.6. The van der Waals surface area contributed by atoms with Crippen LogP contribution in [0.4, 0.5) is 0 Å². The molecule has 0 aromatic rings. The molecule has 18 heavy (non-hydrogen) atoms. The fraction of sp³-hybridized carbons (Fsp3) is 1.00. The van der Waals surface area contributed by atoms with Gasteiger partial charge in [0.1, 0.15) is 0 Å². The molecular formula is C13H28N2O2S. The quantitative estimate of drug-likeness (QED) is 0.598. The Morgan fingerprint density at radius 3 is 2.44 bits per heavy atom. The Bertz CT molecular complexity index is 339. The van der Waals surface area contributed by atoms with Crippen LogP contribution in [0, 0.1) is 11.3 Å². The Morgan fingerprint density at radius 2 is 1.89 bits per heavy atom. The molecular weight excluding hydrogens is 248 g/mol. The van der Waals surface area contributed by atoms with Crippen LogP contribution < -0.4 is 10.0 Å². The molecule has 4 nitrogen and oxygen atoms in total. The van der Waals surface area contributed by atoms with Gasteiger partial charge in [0.05, 0.1) is 5.75 Å². The van der Waals surface area contributed by atoms with Gasteiger partial charge in [-0.25, -0.2) is 13.1 Å². The van der Waals surface area contributed by atoms with Gasteiger partial charge >= 0.3 is 0 Å². The van der Waals surface area contributed by atoms with Gasteiger partial charge in [0.2, 0.25) is 10.0 Å². The lowest BCUT2D eigenvalue weighted by Gasteiger charge is -2.08. The van der Waals surface area contributed by atoms with Gasteiger partial charge in [0.15, 0.2) is 0 Å². The van der Waals surface area contributed by atoms with E-state index in [0.29, 0.717) is 17.9 Å². The van der Waals surface area contributed by atoms with Crippen LogP contribution in [0.25, 0.3) is 0 Å². The average Bonchev–Trinajstić information content (AvgIpc) is 2.89. The molecule has 1 unspecified atom stereocenters. The van der Waals surface area contributed by atoms with E-state index in [9.17, 15) is 8.42 Å². The van der Waals surface area contributed by atoms with Crippen LogP contribution in [0.2, 0.25) is 0 Å². The van der Waals surface area contributed by atoms with E-state index in [1.165, 1.54) is 0 Å². The topological polar surface area (TPSA) is 58.2 Å². The van der Waals surface area contributed by atoms with E-state index in [-0.39, 0.29) is 5.75 Å². The van der Waals surface area contributed by atoms with Gasteiger partial charge in [0, 0.05) is 6.54 Å². The minimum atomic E-state index is -3.06. The van der Waals surface area contributed by atoms with E-state index in [1.807, 2.05) is 0 Å². The van der Waals surface area contributed by atoms with Crippen LogP contribution in [-0.4, -0.2) is 33.8 Å². The molecule has 1 aliphatic rings. The minimum absolute atomic E-state index is 0.258. The fourth-order valence-corrected chi connectivity index (χ4v) is 3.25. The van der Waals surface area contributed by atoms with E-state index in [0.717, 1.165) is 38.8 Å². The van der Waals surface area contributed by atoms with Gasteiger partial charge < -0.3 is 5.32 Å². The van der Waals surface area contributed by atoms with Crippen LogP contribution in [0.3, 0.4) is 0 Å². The molecule has 1 rings (SSSR count). The highest BCUT2D eigenvalue weighted by atomic mass is 32.2. The van der Waals surface area contributed by atoms with Crippen molar-refractivity contribution < 1.29 is 8.42 Å². The third kappa shape index (κ3) is 6.16. The van der Waals surface area contributed by atoms with Gasteiger partial charge in [0.25, 0.3) is 0 Å². The predicted octanol–water partition coefficient (Wildman–Crippen LogP) is 1.73. The molecule has 0 amide bonds. The molecule has 1 saturated carbocycles. The first-order chi connectivity index (χ1) is 8.37. The monoisotopic (exact) mass is 276 g/mol. The highest BCUT2D eigenvalue weighted by Crippen LogP contribution is 2.51. The SMILES string of the molecule is CCCNCCCCS(=O)(=O)NCC1CC1(C)C. The first kappa shape index (κ1) is 15.9. The highest BCUT2D eigenvalue weighted by Gasteiger charge is 2.45. The third-order valence-corrected chi connectivity index (χ3v) is 5.14. The summed E-state index contributed by atoms with van der Waals surface area (Å²) in [5.74, 6) is 0.784. The van der Waals surface area contributed by atoms with Gasteiger partial charge in [-0.15, -0.1) is 0 Å². The molecule has 5 heteroatoms.